The standard InChI is InChI=1S/C25H23ClN6O/c1-4-32-15(2)18(13-28-32)14-31(3)25(33)23-20-12-19(26)7-8-21(20)29-24(30-23)17-6-5-16-9-10-27-22(16)11-17/h5-13,27H,4,14H2,1-3H3. The second-order valence-corrected chi connectivity index (χ2v) is 8.51. The lowest BCUT2D eigenvalue weighted by Crippen LogP contribution is -2.27. The number of benzene rings is 2. The number of hydrogen-bond donors (Lipinski definition) is 1. The van der Waals surface area contributed by atoms with E-state index in [1.54, 1.807) is 24.1 Å². The van der Waals surface area contributed by atoms with Gasteiger partial charge in [-0.1, -0.05) is 23.7 Å². The minimum absolute atomic E-state index is 0.199. The van der Waals surface area contributed by atoms with Crippen molar-refractivity contribution in [2.24, 2.45) is 0 Å². The van der Waals surface area contributed by atoms with Gasteiger partial charge in [-0.3, -0.25) is 9.48 Å². The third kappa shape index (κ3) is 3.85. The first kappa shape index (κ1) is 21.2. The van der Waals surface area contributed by atoms with Crippen molar-refractivity contribution in [2.45, 2.75) is 26.9 Å². The zero-order chi connectivity index (χ0) is 23.1. The van der Waals surface area contributed by atoms with Gasteiger partial charge in [0.05, 0.1) is 11.7 Å². The average molecular weight is 459 g/mol. The van der Waals surface area contributed by atoms with Crippen LogP contribution in [0.2, 0.25) is 5.02 Å². The molecule has 0 saturated heterocycles. The van der Waals surface area contributed by atoms with Crippen molar-refractivity contribution in [1.29, 1.82) is 0 Å². The summed E-state index contributed by atoms with van der Waals surface area (Å²) in [4.78, 5) is 27.9. The Hall–Kier alpha value is -3.71. The molecule has 1 amide bonds. The molecule has 0 fully saturated rings. The third-order valence-electron chi connectivity index (χ3n) is 5.93. The largest absolute Gasteiger partial charge is 0.361 e. The molecule has 0 aliphatic rings. The Balaban J connectivity index is 1.58. The number of rotatable bonds is 5. The van der Waals surface area contributed by atoms with Gasteiger partial charge in [-0.15, -0.1) is 0 Å². The Bertz CT molecular complexity index is 1500. The summed E-state index contributed by atoms with van der Waals surface area (Å²) in [6.07, 6.45) is 3.71. The molecule has 0 aliphatic heterocycles. The van der Waals surface area contributed by atoms with E-state index < -0.39 is 0 Å². The summed E-state index contributed by atoms with van der Waals surface area (Å²) in [6.45, 7) is 5.27. The van der Waals surface area contributed by atoms with E-state index in [2.05, 4.69) is 10.1 Å². The fourth-order valence-electron chi connectivity index (χ4n) is 4.05. The summed E-state index contributed by atoms with van der Waals surface area (Å²) in [5.41, 5.74) is 4.86. The molecule has 33 heavy (non-hydrogen) atoms. The number of amides is 1. The van der Waals surface area contributed by atoms with Gasteiger partial charge in [0.1, 0.15) is 5.69 Å². The van der Waals surface area contributed by atoms with Gasteiger partial charge in [0, 0.05) is 59.1 Å². The van der Waals surface area contributed by atoms with E-state index in [4.69, 9.17) is 21.6 Å². The minimum atomic E-state index is -0.199. The van der Waals surface area contributed by atoms with Gasteiger partial charge in [0.2, 0.25) is 0 Å². The number of carbonyl (C=O) groups is 1. The highest BCUT2D eigenvalue weighted by molar-refractivity contribution is 6.31. The summed E-state index contributed by atoms with van der Waals surface area (Å²) in [6, 6.07) is 13.3. The highest BCUT2D eigenvalue weighted by atomic mass is 35.5. The van der Waals surface area contributed by atoms with Crippen LogP contribution in [0.1, 0.15) is 28.7 Å². The molecular formula is C25H23ClN6O. The minimum Gasteiger partial charge on any atom is -0.361 e. The Morgan fingerprint density at radius 1 is 1.15 bits per heavy atom. The lowest BCUT2D eigenvalue weighted by molar-refractivity contribution is 0.0781. The van der Waals surface area contributed by atoms with Gasteiger partial charge in [-0.05, 0) is 49.6 Å². The van der Waals surface area contributed by atoms with Crippen molar-refractivity contribution in [2.75, 3.05) is 7.05 Å². The fraction of sp³-hybridized carbons (Fsp3) is 0.200. The quantitative estimate of drug-likeness (QED) is 0.391. The summed E-state index contributed by atoms with van der Waals surface area (Å²) in [5, 5.41) is 6.65. The third-order valence-corrected chi connectivity index (χ3v) is 6.17. The van der Waals surface area contributed by atoms with Crippen molar-refractivity contribution >= 4 is 39.3 Å². The molecule has 3 aromatic heterocycles. The maximum absolute atomic E-state index is 13.6. The van der Waals surface area contributed by atoms with Gasteiger partial charge in [0.25, 0.3) is 5.91 Å². The molecule has 3 heterocycles. The van der Waals surface area contributed by atoms with Crippen LogP contribution in [0.4, 0.5) is 0 Å². The molecule has 5 rings (SSSR count). The second-order valence-electron chi connectivity index (χ2n) is 8.07. The van der Waals surface area contributed by atoms with E-state index in [9.17, 15) is 4.79 Å². The Labute approximate surface area is 196 Å². The summed E-state index contributed by atoms with van der Waals surface area (Å²) < 4.78 is 1.92. The SMILES string of the molecule is CCn1ncc(CN(C)C(=O)c2nc(-c3ccc4cc[nH]c4c3)nc3ccc(Cl)cc23)c1C. The number of fused-ring (bicyclic) bond motifs is 2. The lowest BCUT2D eigenvalue weighted by Gasteiger charge is -2.18. The molecule has 2 aromatic carbocycles. The topological polar surface area (TPSA) is 79.7 Å². The molecule has 7 nitrogen and oxygen atoms in total. The van der Waals surface area contributed by atoms with E-state index >= 15 is 0 Å². The van der Waals surface area contributed by atoms with Crippen molar-refractivity contribution in [3.05, 3.63) is 76.8 Å². The first-order valence-electron chi connectivity index (χ1n) is 10.8. The van der Waals surface area contributed by atoms with Crippen LogP contribution < -0.4 is 0 Å². The molecule has 0 spiro atoms. The predicted molar refractivity (Wildman–Crippen MR) is 130 cm³/mol. The summed E-state index contributed by atoms with van der Waals surface area (Å²) in [7, 11) is 1.77. The van der Waals surface area contributed by atoms with E-state index in [0.29, 0.717) is 34.0 Å². The van der Waals surface area contributed by atoms with E-state index in [1.165, 1.54) is 0 Å². The van der Waals surface area contributed by atoms with Crippen LogP contribution in [0.3, 0.4) is 0 Å². The lowest BCUT2D eigenvalue weighted by atomic mass is 10.1. The van der Waals surface area contributed by atoms with Crippen molar-refractivity contribution in [1.82, 2.24) is 29.6 Å². The van der Waals surface area contributed by atoms with E-state index in [0.717, 1.165) is 34.3 Å². The molecule has 0 unspecified atom stereocenters. The number of halogens is 1. The van der Waals surface area contributed by atoms with E-state index in [1.807, 2.05) is 61.3 Å². The van der Waals surface area contributed by atoms with Crippen LogP contribution in [0.15, 0.2) is 54.9 Å². The number of aromatic nitrogens is 5. The van der Waals surface area contributed by atoms with Gasteiger partial charge >= 0.3 is 0 Å². The van der Waals surface area contributed by atoms with Gasteiger partial charge in [-0.25, -0.2) is 9.97 Å². The van der Waals surface area contributed by atoms with Crippen molar-refractivity contribution in [3.8, 4) is 11.4 Å². The summed E-state index contributed by atoms with van der Waals surface area (Å²) in [5.74, 6) is 0.295. The molecule has 1 N–H and O–H groups in total. The Morgan fingerprint density at radius 2 is 2.00 bits per heavy atom. The highest BCUT2D eigenvalue weighted by Gasteiger charge is 2.21. The number of aromatic amines is 1. The van der Waals surface area contributed by atoms with Crippen molar-refractivity contribution < 1.29 is 4.79 Å². The second kappa shape index (κ2) is 8.33. The van der Waals surface area contributed by atoms with Crippen LogP contribution in [-0.4, -0.2) is 42.6 Å². The number of carbonyl (C=O) groups excluding carboxylic acids is 1. The first-order valence-corrected chi connectivity index (χ1v) is 11.1. The molecular weight excluding hydrogens is 436 g/mol. The zero-order valence-electron chi connectivity index (χ0n) is 18.6. The molecule has 8 heteroatoms. The predicted octanol–water partition coefficient (Wildman–Crippen LogP) is 5.23. The van der Waals surface area contributed by atoms with Crippen LogP contribution >= 0.6 is 11.6 Å². The monoisotopic (exact) mass is 458 g/mol. The van der Waals surface area contributed by atoms with Gasteiger partial charge in [0.15, 0.2) is 5.82 Å². The van der Waals surface area contributed by atoms with Gasteiger partial charge < -0.3 is 9.88 Å². The van der Waals surface area contributed by atoms with Crippen LogP contribution in [0.5, 0.6) is 0 Å². The molecule has 0 radical (unpaired) electrons. The number of H-pyrrole nitrogens is 1. The van der Waals surface area contributed by atoms with Crippen LogP contribution in [0.25, 0.3) is 33.2 Å². The highest BCUT2D eigenvalue weighted by Crippen LogP contribution is 2.27. The normalized spacial score (nSPS) is 11.4. The van der Waals surface area contributed by atoms with Crippen LogP contribution in [0, 0.1) is 6.92 Å². The zero-order valence-corrected chi connectivity index (χ0v) is 19.4. The Kier molecular flexibility index (Phi) is 5.34. The molecule has 0 aliphatic carbocycles. The molecule has 5 aromatic rings. The first-order chi connectivity index (χ1) is 15.9. The summed E-state index contributed by atoms with van der Waals surface area (Å²) >= 11 is 6.26. The maximum Gasteiger partial charge on any atom is 0.273 e. The van der Waals surface area contributed by atoms with E-state index in [-0.39, 0.29) is 5.91 Å². The maximum atomic E-state index is 13.6. The number of nitrogens with zero attached hydrogens (tertiary/aromatic N) is 5. The molecule has 0 atom stereocenters. The Morgan fingerprint density at radius 3 is 2.79 bits per heavy atom. The molecule has 0 saturated carbocycles. The number of aryl methyl sites for hydroxylation is 1. The van der Waals surface area contributed by atoms with Gasteiger partial charge in [-0.2, -0.15) is 5.10 Å². The molecule has 0 bridgehead atoms. The van der Waals surface area contributed by atoms with Crippen molar-refractivity contribution in [3.63, 3.8) is 0 Å². The average Bonchev–Trinajstić information content (AvgIpc) is 3.43. The number of hydrogen-bond acceptors (Lipinski definition) is 4. The van der Waals surface area contributed by atoms with Crippen LogP contribution in [-0.2, 0) is 13.1 Å². The number of nitrogens with one attached hydrogen (secondary N) is 1. The fourth-order valence-corrected chi connectivity index (χ4v) is 4.22. The molecule has 166 valence electrons. The smallest absolute Gasteiger partial charge is 0.273 e.